The van der Waals surface area contributed by atoms with E-state index in [2.05, 4.69) is 5.32 Å². The Bertz CT molecular complexity index is 391. The molecule has 0 amide bonds. The Morgan fingerprint density at radius 2 is 2.28 bits per heavy atom. The fraction of sp³-hybridized carbons (Fsp3) is 0.571. The molecule has 4 heteroatoms. The molecule has 0 saturated carbocycles. The summed E-state index contributed by atoms with van der Waals surface area (Å²) in [5.74, 6) is 0. The maximum Gasteiger partial charge on any atom is 0.113 e. The van der Waals surface area contributed by atoms with Gasteiger partial charge in [0, 0.05) is 24.0 Å². The molecular formula is C14H19ClFNO. The summed E-state index contributed by atoms with van der Waals surface area (Å²) in [5.41, 5.74) is -0.413. The van der Waals surface area contributed by atoms with Gasteiger partial charge in [-0.3, -0.25) is 0 Å². The molecule has 100 valence electrons. The first-order valence-electron chi connectivity index (χ1n) is 6.30. The second kappa shape index (κ2) is 6.00. The number of hydrogen-bond donors (Lipinski definition) is 1. The van der Waals surface area contributed by atoms with Crippen molar-refractivity contribution < 1.29 is 9.13 Å². The first kappa shape index (κ1) is 13.8. The molecular weight excluding hydrogens is 253 g/mol. The molecule has 0 bridgehead atoms. The van der Waals surface area contributed by atoms with Crippen molar-refractivity contribution in [3.63, 3.8) is 0 Å². The number of halogens is 2. The smallest absolute Gasteiger partial charge is 0.113 e. The van der Waals surface area contributed by atoms with E-state index in [1.165, 1.54) is 0 Å². The number of hydrogen-bond acceptors (Lipinski definition) is 2. The molecule has 1 aromatic carbocycles. The van der Waals surface area contributed by atoms with Gasteiger partial charge in [-0.15, -0.1) is 0 Å². The van der Waals surface area contributed by atoms with E-state index in [1.54, 1.807) is 13.0 Å². The van der Waals surface area contributed by atoms with Crippen molar-refractivity contribution in [2.24, 2.45) is 0 Å². The van der Waals surface area contributed by atoms with Crippen LogP contribution in [0.25, 0.3) is 0 Å². The number of nitrogens with one attached hydrogen (secondary N) is 1. The van der Waals surface area contributed by atoms with Crippen LogP contribution in [0.3, 0.4) is 0 Å². The van der Waals surface area contributed by atoms with Gasteiger partial charge in [-0.1, -0.05) is 29.8 Å². The minimum Gasteiger partial charge on any atom is -0.379 e. The summed E-state index contributed by atoms with van der Waals surface area (Å²) in [5, 5.41) is 3.91. The van der Waals surface area contributed by atoms with Crippen LogP contribution in [0.4, 0.5) is 4.39 Å². The SMILES string of the molecule is CC(F)(Cc1ccccc1Cl)CC1COCCN1. The van der Waals surface area contributed by atoms with Crippen LogP contribution in [-0.4, -0.2) is 31.5 Å². The molecule has 0 radical (unpaired) electrons. The van der Waals surface area contributed by atoms with Crippen LogP contribution in [0.15, 0.2) is 24.3 Å². The molecule has 0 spiro atoms. The zero-order chi connectivity index (χ0) is 13.0. The van der Waals surface area contributed by atoms with E-state index in [9.17, 15) is 4.39 Å². The molecule has 0 aliphatic carbocycles. The zero-order valence-corrected chi connectivity index (χ0v) is 11.3. The van der Waals surface area contributed by atoms with Gasteiger partial charge in [0.05, 0.1) is 13.2 Å². The standard InChI is InChI=1S/C14H19ClFNO/c1-14(16,9-12-10-18-7-6-17-12)8-11-4-2-3-5-13(11)15/h2-5,12,17H,6-10H2,1H3. The van der Waals surface area contributed by atoms with Crippen molar-refractivity contribution >= 4 is 11.6 Å². The average Bonchev–Trinajstić information content (AvgIpc) is 2.32. The molecule has 2 rings (SSSR count). The molecule has 1 heterocycles. The zero-order valence-electron chi connectivity index (χ0n) is 10.6. The van der Waals surface area contributed by atoms with E-state index >= 15 is 0 Å². The third kappa shape index (κ3) is 3.94. The molecule has 1 aliphatic heterocycles. The van der Waals surface area contributed by atoms with Crippen LogP contribution in [0, 0.1) is 0 Å². The maximum atomic E-state index is 14.6. The van der Waals surface area contributed by atoms with Crippen molar-refractivity contribution in [1.29, 1.82) is 0 Å². The van der Waals surface area contributed by atoms with Gasteiger partial charge >= 0.3 is 0 Å². The van der Waals surface area contributed by atoms with Crippen LogP contribution >= 0.6 is 11.6 Å². The highest BCUT2D eigenvalue weighted by Crippen LogP contribution is 2.27. The second-order valence-electron chi connectivity index (χ2n) is 5.11. The van der Waals surface area contributed by atoms with Crippen molar-refractivity contribution in [2.45, 2.75) is 31.5 Å². The molecule has 0 aromatic heterocycles. The van der Waals surface area contributed by atoms with Crippen LogP contribution in [-0.2, 0) is 11.2 Å². The third-order valence-electron chi connectivity index (χ3n) is 3.19. The van der Waals surface area contributed by atoms with Gasteiger partial charge in [0.15, 0.2) is 0 Å². The lowest BCUT2D eigenvalue weighted by molar-refractivity contribution is 0.0483. The van der Waals surface area contributed by atoms with Crippen LogP contribution in [0.2, 0.25) is 5.02 Å². The minimum atomic E-state index is -1.27. The van der Waals surface area contributed by atoms with Crippen LogP contribution in [0.1, 0.15) is 18.9 Å². The fourth-order valence-corrected chi connectivity index (χ4v) is 2.58. The molecule has 18 heavy (non-hydrogen) atoms. The first-order valence-corrected chi connectivity index (χ1v) is 6.68. The Morgan fingerprint density at radius 1 is 1.50 bits per heavy atom. The predicted octanol–water partition coefficient (Wildman–Crippen LogP) is 2.99. The van der Waals surface area contributed by atoms with E-state index in [4.69, 9.17) is 16.3 Å². The Kier molecular flexibility index (Phi) is 4.60. The van der Waals surface area contributed by atoms with Gasteiger partial charge in [-0.05, 0) is 25.0 Å². The number of alkyl halides is 1. The summed E-state index contributed by atoms with van der Waals surface area (Å²) in [6.07, 6.45) is 0.781. The highest BCUT2D eigenvalue weighted by atomic mass is 35.5. The van der Waals surface area contributed by atoms with Crippen LogP contribution in [0.5, 0.6) is 0 Å². The lowest BCUT2D eigenvalue weighted by Crippen LogP contribution is -2.45. The fourth-order valence-electron chi connectivity index (χ4n) is 2.38. The van der Waals surface area contributed by atoms with Gasteiger partial charge in [0.2, 0.25) is 0 Å². The molecule has 2 atom stereocenters. The quantitative estimate of drug-likeness (QED) is 0.909. The van der Waals surface area contributed by atoms with Gasteiger partial charge in [-0.2, -0.15) is 0 Å². The predicted molar refractivity (Wildman–Crippen MR) is 71.9 cm³/mol. The van der Waals surface area contributed by atoms with E-state index in [0.29, 0.717) is 31.1 Å². The number of rotatable bonds is 4. The molecule has 1 aliphatic rings. The molecule has 2 nitrogen and oxygen atoms in total. The van der Waals surface area contributed by atoms with Gasteiger partial charge in [0.25, 0.3) is 0 Å². The van der Waals surface area contributed by atoms with E-state index < -0.39 is 5.67 Å². The summed E-state index contributed by atoms with van der Waals surface area (Å²) in [4.78, 5) is 0. The van der Waals surface area contributed by atoms with Crippen molar-refractivity contribution in [2.75, 3.05) is 19.8 Å². The third-order valence-corrected chi connectivity index (χ3v) is 3.56. The van der Waals surface area contributed by atoms with Crippen molar-refractivity contribution in [3.05, 3.63) is 34.9 Å². The normalized spacial score (nSPS) is 23.6. The van der Waals surface area contributed by atoms with Gasteiger partial charge in [-0.25, -0.2) is 4.39 Å². The Hall–Kier alpha value is -0.640. The highest BCUT2D eigenvalue weighted by molar-refractivity contribution is 6.31. The van der Waals surface area contributed by atoms with Gasteiger partial charge < -0.3 is 10.1 Å². The second-order valence-corrected chi connectivity index (χ2v) is 5.52. The molecule has 1 aromatic rings. The topological polar surface area (TPSA) is 21.3 Å². The van der Waals surface area contributed by atoms with E-state index in [0.717, 1.165) is 12.1 Å². The lowest BCUT2D eigenvalue weighted by Gasteiger charge is -2.30. The number of benzene rings is 1. The summed E-state index contributed by atoms with van der Waals surface area (Å²) in [7, 11) is 0. The largest absolute Gasteiger partial charge is 0.379 e. The molecule has 2 unspecified atom stereocenters. The summed E-state index contributed by atoms with van der Waals surface area (Å²) in [6.45, 7) is 3.73. The van der Waals surface area contributed by atoms with E-state index in [-0.39, 0.29) is 6.04 Å². The Labute approximate surface area is 112 Å². The van der Waals surface area contributed by atoms with E-state index in [1.807, 2.05) is 18.2 Å². The minimum absolute atomic E-state index is 0.0937. The summed E-state index contributed by atoms with van der Waals surface area (Å²) in [6, 6.07) is 7.52. The summed E-state index contributed by atoms with van der Waals surface area (Å²) >= 11 is 6.07. The van der Waals surface area contributed by atoms with Crippen molar-refractivity contribution in [1.82, 2.24) is 5.32 Å². The van der Waals surface area contributed by atoms with Gasteiger partial charge in [0.1, 0.15) is 5.67 Å². The number of morpholine rings is 1. The highest BCUT2D eigenvalue weighted by Gasteiger charge is 2.29. The maximum absolute atomic E-state index is 14.6. The molecule has 1 fully saturated rings. The van der Waals surface area contributed by atoms with Crippen molar-refractivity contribution in [3.8, 4) is 0 Å². The lowest BCUT2D eigenvalue weighted by atomic mass is 9.91. The molecule has 1 N–H and O–H groups in total. The van der Waals surface area contributed by atoms with Crippen LogP contribution < -0.4 is 5.32 Å². The average molecular weight is 272 g/mol. The summed E-state index contributed by atoms with van der Waals surface area (Å²) < 4.78 is 19.9. The Morgan fingerprint density at radius 3 is 2.94 bits per heavy atom. The first-order chi connectivity index (χ1) is 8.57. The number of ether oxygens (including phenoxy) is 1. The molecule has 1 saturated heterocycles. The Balaban J connectivity index is 1.96. The monoisotopic (exact) mass is 271 g/mol.